The lowest BCUT2D eigenvalue weighted by atomic mass is 10.0. The number of carbonyl (C=O) groups is 1. The van der Waals surface area contributed by atoms with E-state index in [1.165, 1.54) is 5.56 Å². The summed E-state index contributed by atoms with van der Waals surface area (Å²) in [7, 11) is 4.67. The number of Topliss-reactive ketones (excluding diaryl/α,β-unsaturated/α-hetero) is 1. The van der Waals surface area contributed by atoms with Gasteiger partial charge in [-0.25, -0.2) is 0 Å². The van der Waals surface area contributed by atoms with E-state index in [2.05, 4.69) is 34.1 Å². The minimum absolute atomic E-state index is 0. The number of rotatable bonds is 8. The molecule has 0 spiro atoms. The lowest BCUT2D eigenvalue weighted by molar-refractivity contribution is 0.0686. The number of hydrogen-bond donors (Lipinski definition) is 0. The van der Waals surface area contributed by atoms with Gasteiger partial charge in [-0.05, 0) is 24.6 Å². The molecule has 0 aliphatic carbocycles. The molecule has 0 amide bonds. The van der Waals surface area contributed by atoms with Crippen LogP contribution in [0, 0.1) is 0 Å². The molecule has 3 rings (SSSR count). The van der Waals surface area contributed by atoms with Gasteiger partial charge in [0, 0.05) is 38.3 Å². The van der Waals surface area contributed by atoms with Crippen molar-refractivity contribution in [3.05, 3.63) is 53.6 Å². The quantitative estimate of drug-likeness (QED) is 0.544. The summed E-state index contributed by atoms with van der Waals surface area (Å²) >= 11 is 0. The zero-order chi connectivity index (χ0) is 20.8. The van der Waals surface area contributed by atoms with E-state index in [1.807, 2.05) is 13.0 Å². The molecular weight excluding hydrogens is 439 g/mol. The normalized spacial score (nSPS) is 15.2. The van der Waals surface area contributed by atoms with Gasteiger partial charge in [0.1, 0.15) is 0 Å². The minimum Gasteiger partial charge on any atom is -0.493 e. The molecule has 31 heavy (non-hydrogen) atoms. The van der Waals surface area contributed by atoms with Crippen LogP contribution in [-0.4, -0.2) is 69.1 Å². The molecule has 2 aromatic rings. The van der Waals surface area contributed by atoms with Crippen LogP contribution in [0.4, 0.5) is 0 Å². The molecule has 8 heteroatoms. The third kappa shape index (κ3) is 6.50. The average molecular weight is 471 g/mol. The first-order chi connectivity index (χ1) is 14.1. The van der Waals surface area contributed by atoms with Gasteiger partial charge in [0.15, 0.2) is 17.3 Å². The topological polar surface area (TPSA) is 51.2 Å². The number of nitrogens with zero attached hydrogens (tertiary/aromatic N) is 2. The zero-order valence-corrected chi connectivity index (χ0v) is 20.1. The van der Waals surface area contributed by atoms with Gasteiger partial charge < -0.3 is 14.2 Å². The molecule has 1 aliphatic heterocycles. The van der Waals surface area contributed by atoms with Gasteiger partial charge in [-0.2, -0.15) is 0 Å². The van der Waals surface area contributed by atoms with Crippen molar-refractivity contribution in [2.24, 2.45) is 0 Å². The predicted octanol–water partition coefficient (Wildman–Crippen LogP) is 3.95. The van der Waals surface area contributed by atoms with E-state index in [4.69, 9.17) is 14.2 Å². The molecule has 6 nitrogen and oxygen atoms in total. The highest BCUT2D eigenvalue weighted by Crippen LogP contribution is 2.38. The monoisotopic (exact) mass is 470 g/mol. The van der Waals surface area contributed by atoms with Crippen LogP contribution in [0.25, 0.3) is 0 Å². The summed E-state index contributed by atoms with van der Waals surface area (Å²) in [4.78, 5) is 17.8. The van der Waals surface area contributed by atoms with E-state index < -0.39 is 0 Å². The van der Waals surface area contributed by atoms with Crippen LogP contribution in [0.3, 0.4) is 0 Å². The maximum atomic E-state index is 13.1. The summed E-state index contributed by atoms with van der Waals surface area (Å²) in [6, 6.07) is 13.7. The van der Waals surface area contributed by atoms with Crippen LogP contribution in [0.15, 0.2) is 42.5 Å². The average Bonchev–Trinajstić information content (AvgIpc) is 2.78. The summed E-state index contributed by atoms with van der Waals surface area (Å²) in [6.45, 7) is 6.54. The second-order valence-corrected chi connectivity index (χ2v) is 7.25. The van der Waals surface area contributed by atoms with E-state index >= 15 is 0 Å². The third-order valence-electron chi connectivity index (χ3n) is 5.53. The van der Waals surface area contributed by atoms with Crippen LogP contribution < -0.4 is 14.2 Å². The number of halogens is 2. The first kappa shape index (κ1) is 27.0. The number of carbonyl (C=O) groups excluding carboxylic acids is 1. The fourth-order valence-corrected chi connectivity index (χ4v) is 3.78. The van der Waals surface area contributed by atoms with E-state index in [1.54, 1.807) is 33.5 Å². The first-order valence-corrected chi connectivity index (χ1v) is 9.92. The largest absolute Gasteiger partial charge is 0.493 e. The van der Waals surface area contributed by atoms with Crippen molar-refractivity contribution in [1.29, 1.82) is 0 Å². The van der Waals surface area contributed by atoms with Gasteiger partial charge in [0.05, 0.1) is 27.4 Å². The Morgan fingerprint density at radius 2 is 1.45 bits per heavy atom. The molecular formula is C23H32Cl2N2O4. The van der Waals surface area contributed by atoms with Gasteiger partial charge in [0.2, 0.25) is 5.75 Å². The molecule has 0 bridgehead atoms. The summed E-state index contributed by atoms with van der Waals surface area (Å²) < 4.78 is 16.1. The van der Waals surface area contributed by atoms with E-state index in [0.29, 0.717) is 22.8 Å². The molecule has 172 valence electrons. The van der Waals surface area contributed by atoms with Crippen molar-refractivity contribution in [3.63, 3.8) is 0 Å². The van der Waals surface area contributed by atoms with Crippen molar-refractivity contribution in [1.82, 2.24) is 9.80 Å². The Balaban J connectivity index is 0.00000240. The molecule has 1 unspecified atom stereocenters. The first-order valence-electron chi connectivity index (χ1n) is 9.92. The molecule has 1 heterocycles. The number of benzene rings is 2. The SMILES string of the molecule is COc1cc(C(=O)C(C)N2CCN(Cc3ccccc3)CC2)cc(OC)c1OC.Cl.Cl. The lowest BCUT2D eigenvalue weighted by Crippen LogP contribution is -2.51. The van der Waals surface area contributed by atoms with Crippen molar-refractivity contribution in [2.75, 3.05) is 47.5 Å². The van der Waals surface area contributed by atoms with E-state index in [0.717, 1.165) is 32.7 Å². The van der Waals surface area contributed by atoms with Gasteiger partial charge in [-0.3, -0.25) is 14.6 Å². The number of piperazine rings is 1. The van der Waals surface area contributed by atoms with Crippen molar-refractivity contribution in [2.45, 2.75) is 19.5 Å². The summed E-state index contributed by atoms with van der Waals surface area (Å²) in [5.41, 5.74) is 1.89. The molecule has 1 aliphatic rings. The zero-order valence-electron chi connectivity index (χ0n) is 18.5. The highest BCUT2D eigenvalue weighted by atomic mass is 35.5. The molecule has 1 fully saturated rings. The van der Waals surface area contributed by atoms with Crippen LogP contribution in [0.1, 0.15) is 22.8 Å². The van der Waals surface area contributed by atoms with Crippen LogP contribution in [0.5, 0.6) is 17.2 Å². The second-order valence-electron chi connectivity index (χ2n) is 7.25. The summed E-state index contributed by atoms with van der Waals surface area (Å²) in [6.07, 6.45) is 0. The summed E-state index contributed by atoms with van der Waals surface area (Å²) in [5.74, 6) is 1.54. The van der Waals surface area contributed by atoms with Gasteiger partial charge in [0.25, 0.3) is 0 Å². The summed E-state index contributed by atoms with van der Waals surface area (Å²) in [5, 5.41) is 0. The fourth-order valence-electron chi connectivity index (χ4n) is 3.78. The molecule has 0 radical (unpaired) electrons. The van der Waals surface area contributed by atoms with E-state index in [9.17, 15) is 4.79 Å². The Morgan fingerprint density at radius 1 is 0.903 bits per heavy atom. The number of ether oxygens (including phenoxy) is 3. The molecule has 0 N–H and O–H groups in total. The van der Waals surface area contributed by atoms with Gasteiger partial charge in [-0.15, -0.1) is 24.8 Å². The van der Waals surface area contributed by atoms with Gasteiger partial charge in [-0.1, -0.05) is 30.3 Å². The number of ketones is 1. The molecule has 1 saturated heterocycles. The molecule has 1 atom stereocenters. The Hall–Kier alpha value is -1.99. The molecule has 0 aromatic heterocycles. The number of methoxy groups -OCH3 is 3. The predicted molar refractivity (Wildman–Crippen MR) is 128 cm³/mol. The minimum atomic E-state index is -0.211. The maximum Gasteiger partial charge on any atom is 0.203 e. The Bertz CT molecular complexity index is 803. The third-order valence-corrected chi connectivity index (χ3v) is 5.53. The smallest absolute Gasteiger partial charge is 0.203 e. The highest BCUT2D eigenvalue weighted by molar-refractivity contribution is 6.01. The Kier molecular flexibility index (Phi) is 11.1. The second kappa shape index (κ2) is 12.8. The van der Waals surface area contributed by atoms with Crippen LogP contribution in [-0.2, 0) is 6.54 Å². The van der Waals surface area contributed by atoms with Crippen LogP contribution >= 0.6 is 24.8 Å². The number of hydrogen-bond acceptors (Lipinski definition) is 6. The van der Waals surface area contributed by atoms with E-state index in [-0.39, 0.29) is 36.6 Å². The van der Waals surface area contributed by atoms with Crippen LogP contribution in [0.2, 0.25) is 0 Å². The standard InChI is InChI=1S/C23H30N2O4.2ClH/c1-17(22(26)19-14-20(27-2)23(29-4)21(15-19)28-3)25-12-10-24(11-13-25)16-18-8-6-5-7-9-18;;/h5-9,14-15,17H,10-13,16H2,1-4H3;2*1H. The van der Waals surface area contributed by atoms with Gasteiger partial charge >= 0.3 is 0 Å². The fraction of sp³-hybridized carbons (Fsp3) is 0.435. The van der Waals surface area contributed by atoms with Crippen molar-refractivity contribution in [3.8, 4) is 17.2 Å². The lowest BCUT2D eigenvalue weighted by Gasteiger charge is -2.37. The Labute approximate surface area is 197 Å². The molecule has 0 saturated carbocycles. The Morgan fingerprint density at radius 3 is 1.94 bits per heavy atom. The van der Waals surface area contributed by atoms with Crippen molar-refractivity contribution < 1.29 is 19.0 Å². The van der Waals surface area contributed by atoms with Crippen molar-refractivity contribution >= 4 is 30.6 Å². The molecule has 2 aromatic carbocycles. The maximum absolute atomic E-state index is 13.1. The highest BCUT2D eigenvalue weighted by Gasteiger charge is 2.28.